The Labute approximate surface area is 69.6 Å². The van der Waals surface area contributed by atoms with E-state index in [1.165, 1.54) is 13.4 Å². The highest BCUT2D eigenvalue weighted by atomic mass is 35.5. The first-order valence-corrected chi connectivity index (χ1v) is 3.39. The van der Waals surface area contributed by atoms with E-state index < -0.39 is 0 Å². The number of nitrogens with zero attached hydrogens (tertiary/aromatic N) is 2. The average Bonchev–Trinajstić information content (AvgIpc) is 2.04. The molecule has 0 spiro atoms. The van der Waals surface area contributed by atoms with Crippen molar-refractivity contribution in [1.29, 1.82) is 0 Å². The Morgan fingerprint density at radius 3 is 2.73 bits per heavy atom. The molecule has 0 fully saturated rings. The molecular weight excluding hydrogens is 166 g/mol. The maximum Gasteiger partial charge on any atom is 0.198 e. The van der Waals surface area contributed by atoms with Crippen LogP contribution in [0.5, 0.6) is 5.75 Å². The van der Waals surface area contributed by atoms with Gasteiger partial charge < -0.3 is 10.1 Å². The third-order valence-electron chi connectivity index (χ3n) is 1.20. The number of methoxy groups -OCH3 is 1. The van der Waals surface area contributed by atoms with Crippen molar-refractivity contribution in [3.63, 3.8) is 0 Å². The molecule has 0 bridgehead atoms. The van der Waals surface area contributed by atoms with Gasteiger partial charge in [-0.2, -0.15) is 0 Å². The zero-order valence-corrected chi connectivity index (χ0v) is 7.01. The van der Waals surface area contributed by atoms with Crippen molar-refractivity contribution in [3.8, 4) is 5.75 Å². The van der Waals surface area contributed by atoms with E-state index in [-0.39, 0.29) is 0 Å². The molecule has 0 aromatic carbocycles. The van der Waals surface area contributed by atoms with Gasteiger partial charge in [0, 0.05) is 7.05 Å². The van der Waals surface area contributed by atoms with Crippen LogP contribution in [-0.4, -0.2) is 24.1 Å². The summed E-state index contributed by atoms with van der Waals surface area (Å²) in [7, 11) is 3.26. The van der Waals surface area contributed by atoms with Gasteiger partial charge in [0.2, 0.25) is 0 Å². The van der Waals surface area contributed by atoms with Crippen LogP contribution in [0.1, 0.15) is 0 Å². The van der Waals surface area contributed by atoms with Crippen LogP contribution >= 0.6 is 11.6 Å². The van der Waals surface area contributed by atoms with E-state index in [2.05, 4.69) is 15.3 Å². The molecule has 0 radical (unpaired) electrons. The Morgan fingerprint density at radius 2 is 2.27 bits per heavy atom. The van der Waals surface area contributed by atoms with Crippen molar-refractivity contribution in [1.82, 2.24) is 9.97 Å². The molecule has 0 atom stereocenters. The van der Waals surface area contributed by atoms with Gasteiger partial charge >= 0.3 is 0 Å². The van der Waals surface area contributed by atoms with E-state index in [4.69, 9.17) is 16.3 Å². The Bertz CT molecular complexity index is 254. The van der Waals surface area contributed by atoms with Crippen LogP contribution in [0, 0.1) is 0 Å². The molecule has 0 aliphatic carbocycles. The largest absolute Gasteiger partial charge is 0.490 e. The Morgan fingerprint density at radius 1 is 1.55 bits per heavy atom. The van der Waals surface area contributed by atoms with Gasteiger partial charge in [-0.3, -0.25) is 0 Å². The lowest BCUT2D eigenvalue weighted by Gasteiger charge is -2.05. The highest BCUT2D eigenvalue weighted by Gasteiger charge is 2.07. The third-order valence-corrected chi connectivity index (χ3v) is 1.47. The topological polar surface area (TPSA) is 47.0 Å². The highest BCUT2D eigenvalue weighted by molar-refractivity contribution is 6.31. The van der Waals surface area contributed by atoms with E-state index >= 15 is 0 Å². The molecule has 5 heteroatoms. The number of hydrogen-bond donors (Lipinski definition) is 1. The molecule has 11 heavy (non-hydrogen) atoms. The molecule has 4 nitrogen and oxygen atoms in total. The first-order valence-electron chi connectivity index (χ1n) is 3.01. The van der Waals surface area contributed by atoms with Gasteiger partial charge in [0.15, 0.2) is 16.7 Å². The Hall–Kier alpha value is -1.03. The van der Waals surface area contributed by atoms with Gasteiger partial charge in [0.25, 0.3) is 0 Å². The molecule has 1 N–H and O–H groups in total. The van der Waals surface area contributed by atoms with Gasteiger partial charge in [-0.1, -0.05) is 11.6 Å². The van der Waals surface area contributed by atoms with E-state index in [1.54, 1.807) is 7.05 Å². The molecule has 0 aliphatic heterocycles. The third kappa shape index (κ3) is 1.51. The summed E-state index contributed by atoms with van der Waals surface area (Å²) >= 11 is 5.69. The van der Waals surface area contributed by atoms with E-state index in [0.29, 0.717) is 16.7 Å². The summed E-state index contributed by atoms with van der Waals surface area (Å²) in [4.78, 5) is 7.65. The Kier molecular flexibility index (Phi) is 2.48. The summed E-state index contributed by atoms with van der Waals surface area (Å²) in [5, 5.41) is 3.14. The zero-order valence-electron chi connectivity index (χ0n) is 6.26. The van der Waals surface area contributed by atoms with Crippen LogP contribution in [-0.2, 0) is 0 Å². The second-order valence-electron chi connectivity index (χ2n) is 1.80. The van der Waals surface area contributed by atoms with Crippen molar-refractivity contribution in [2.45, 2.75) is 0 Å². The summed E-state index contributed by atoms with van der Waals surface area (Å²) in [6.07, 6.45) is 1.37. The minimum atomic E-state index is 0.312. The van der Waals surface area contributed by atoms with Crippen molar-refractivity contribution in [2.75, 3.05) is 19.5 Å². The van der Waals surface area contributed by atoms with Gasteiger partial charge in [0.05, 0.1) is 7.11 Å². The number of ether oxygens (including phenoxy) is 1. The van der Waals surface area contributed by atoms with Gasteiger partial charge in [-0.15, -0.1) is 0 Å². The molecule has 60 valence electrons. The van der Waals surface area contributed by atoms with Crippen molar-refractivity contribution in [3.05, 3.63) is 11.5 Å². The van der Waals surface area contributed by atoms with Crippen LogP contribution in [0.25, 0.3) is 0 Å². The molecular formula is C6H8ClN3O. The van der Waals surface area contributed by atoms with E-state index in [0.717, 1.165) is 0 Å². The molecule has 1 rings (SSSR count). The summed E-state index contributed by atoms with van der Waals surface area (Å²) < 4.78 is 4.95. The predicted octanol–water partition coefficient (Wildman–Crippen LogP) is 1.18. The number of hydrogen-bond acceptors (Lipinski definition) is 4. The quantitative estimate of drug-likeness (QED) is 0.683. The van der Waals surface area contributed by atoms with E-state index in [1.807, 2.05) is 0 Å². The smallest absolute Gasteiger partial charge is 0.198 e. The van der Waals surface area contributed by atoms with Gasteiger partial charge in [-0.05, 0) is 0 Å². The molecule has 1 aromatic rings. The molecule has 1 heterocycles. The van der Waals surface area contributed by atoms with Crippen LogP contribution in [0.3, 0.4) is 0 Å². The second kappa shape index (κ2) is 3.39. The minimum absolute atomic E-state index is 0.312. The normalized spacial score (nSPS) is 9.36. The maximum atomic E-state index is 5.69. The molecule has 0 aliphatic rings. The second-order valence-corrected chi connectivity index (χ2v) is 2.15. The fourth-order valence-electron chi connectivity index (χ4n) is 0.711. The van der Waals surface area contributed by atoms with Crippen LogP contribution in [0.4, 0.5) is 5.82 Å². The van der Waals surface area contributed by atoms with Crippen molar-refractivity contribution >= 4 is 17.4 Å². The first kappa shape index (κ1) is 8.07. The standard InChI is InChI=1S/C6H8ClN3O/c1-8-6-4(11-2)5(7)9-3-10-6/h3H,1-2H3,(H,8,9,10). The first-order chi connectivity index (χ1) is 5.29. The predicted molar refractivity (Wildman–Crippen MR) is 43.1 cm³/mol. The number of aromatic nitrogens is 2. The molecule has 0 saturated carbocycles. The lowest BCUT2D eigenvalue weighted by Crippen LogP contribution is -1.98. The minimum Gasteiger partial charge on any atom is -0.490 e. The summed E-state index contributed by atoms with van der Waals surface area (Å²) in [5.41, 5.74) is 0. The molecule has 0 amide bonds. The molecule has 0 saturated heterocycles. The fraction of sp³-hybridized carbons (Fsp3) is 0.333. The number of halogens is 1. The SMILES string of the molecule is CNc1ncnc(Cl)c1OC. The summed E-state index contributed by atoms with van der Waals surface area (Å²) in [6, 6.07) is 0. The lowest BCUT2D eigenvalue weighted by atomic mass is 10.5. The number of rotatable bonds is 2. The van der Waals surface area contributed by atoms with E-state index in [9.17, 15) is 0 Å². The summed E-state index contributed by atoms with van der Waals surface area (Å²) in [6.45, 7) is 0. The van der Waals surface area contributed by atoms with Crippen LogP contribution in [0.15, 0.2) is 6.33 Å². The zero-order chi connectivity index (χ0) is 8.27. The molecule has 1 aromatic heterocycles. The van der Waals surface area contributed by atoms with Crippen molar-refractivity contribution in [2.24, 2.45) is 0 Å². The fourth-order valence-corrected chi connectivity index (χ4v) is 0.922. The summed E-state index contributed by atoms with van der Waals surface area (Å²) in [5.74, 6) is 1.06. The van der Waals surface area contributed by atoms with Gasteiger partial charge in [0.1, 0.15) is 6.33 Å². The van der Waals surface area contributed by atoms with Crippen LogP contribution in [0.2, 0.25) is 5.15 Å². The van der Waals surface area contributed by atoms with Crippen molar-refractivity contribution < 1.29 is 4.74 Å². The highest BCUT2D eigenvalue weighted by Crippen LogP contribution is 2.27. The Balaban J connectivity index is 3.13. The average molecular weight is 174 g/mol. The number of nitrogens with one attached hydrogen (secondary N) is 1. The number of anilines is 1. The monoisotopic (exact) mass is 173 g/mol. The molecule has 0 unspecified atom stereocenters. The van der Waals surface area contributed by atoms with Crippen LogP contribution < -0.4 is 10.1 Å². The lowest BCUT2D eigenvalue weighted by molar-refractivity contribution is 0.413. The maximum absolute atomic E-state index is 5.69. The van der Waals surface area contributed by atoms with Gasteiger partial charge in [-0.25, -0.2) is 9.97 Å².